The summed E-state index contributed by atoms with van der Waals surface area (Å²) in [4.78, 5) is 12.7. The van der Waals surface area contributed by atoms with Crippen LogP contribution in [0.5, 0.6) is 0 Å². The van der Waals surface area contributed by atoms with Gasteiger partial charge in [0, 0.05) is 9.92 Å². The number of carbonyl (C=O) groups excluding carboxylic acids is 1. The van der Waals surface area contributed by atoms with Gasteiger partial charge < -0.3 is 4.74 Å². The lowest BCUT2D eigenvalue weighted by atomic mass is 10.1. The fourth-order valence-electron chi connectivity index (χ4n) is 2.67. The first-order chi connectivity index (χ1) is 12.2. The minimum absolute atomic E-state index is 0.259. The van der Waals surface area contributed by atoms with Gasteiger partial charge in [0.25, 0.3) is 0 Å². The lowest BCUT2D eigenvalue weighted by Gasteiger charge is -2.07. The maximum absolute atomic E-state index is 11.7. The first-order valence-electron chi connectivity index (χ1n) is 8.75. The Balaban J connectivity index is 1.58. The number of esters is 1. The molecule has 0 aliphatic carbocycles. The zero-order valence-corrected chi connectivity index (χ0v) is 16.2. The molecular weight excluding hydrogens is 352 g/mol. The monoisotopic (exact) mass is 376 g/mol. The van der Waals surface area contributed by atoms with Crippen LogP contribution in [0.2, 0.25) is 5.02 Å². The van der Waals surface area contributed by atoms with Gasteiger partial charge in [-0.25, -0.2) is 4.79 Å². The molecule has 0 aromatic heterocycles. The molecule has 4 heteroatoms. The summed E-state index contributed by atoms with van der Waals surface area (Å²) in [7, 11) is 1.42. The average Bonchev–Trinajstić information content (AvgIpc) is 2.65. The van der Waals surface area contributed by atoms with Crippen LogP contribution in [-0.2, 0) is 11.2 Å². The molecule has 0 saturated heterocycles. The van der Waals surface area contributed by atoms with Crippen molar-refractivity contribution >= 4 is 29.3 Å². The van der Waals surface area contributed by atoms with Gasteiger partial charge in [0.1, 0.15) is 0 Å². The van der Waals surface area contributed by atoms with Crippen molar-refractivity contribution in [3.63, 3.8) is 0 Å². The number of benzene rings is 2. The van der Waals surface area contributed by atoms with Crippen LogP contribution in [0.3, 0.4) is 0 Å². The summed E-state index contributed by atoms with van der Waals surface area (Å²) in [6, 6.07) is 15.8. The van der Waals surface area contributed by atoms with E-state index in [9.17, 15) is 4.79 Å². The number of unbranched alkanes of at least 4 members (excludes halogenated alkanes) is 4. The van der Waals surface area contributed by atoms with Crippen molar-refractivity contribution in [3.8, 4) is 0 Å². The minimum Gasteiger partial charge on any atom is -0.465 e. The fourth-order valence-corrected chi connectivity index (χ4v) is 3.84. The highest BCUT2D eigenvalue weighted by Gasteiger charge is 2.10. The standard InChI is InChI=1S/C21H25ClO2S/c1-24-21(23)19-10-6-7-11-20(19)25-16-8-4-2-3-5-9-17-12-14-18(22)15-13-17/h6-7,10-15H,2-5,8-9,16H2,1H3. The largest absolute Gasteiger partial charge is 0.465 e. The molecule has 134 valence electrons. The predicted molar refractivity (Wildman–Crippen MR) is 107 cm³/mol. The first-order valence-corrected chi connectivity index (χ1v) is 10.1. The van der Waals surface area contributed by atoms with Crippen LogP contribution in [0.25, 0.3) is 0 Å². The normalized spacial score (nSPS) is 10.6. The molecule has 2 rings (SSSR count). The summed E-state index contributed by atoms with van der Waals surface area (Å²) in [5.41, 5.74) is 2.03. The van der Waals surface area contributed by atoms with Crippen LogP contribution in [0, 0.1) is 0 Å². The van der Waals surface area contributed by atoms with Gasteiger partial charge in [0.05, 0.1) is 12.7 Å². The quantitative estimate of drug-likeness (QED) is 0.272. The van der Waals surface area contributed by atoms with Gasteiger partial charge in [-0.2, -0.15) is 0 Å². The molecule has 0 radical (unpaired) electrons. The molecule has 0 spiro atoms. The van der Waals surface area contributed by atoms with Gasteiger partial charge in [0.2, 0.25) is 0 Å². The number of hydrogen-bond acceptors (Lipinski definition) is 3. The van der Waals surface area contributed by atoms with E-state index < -0.39 is 0 Å². The van der Waals surface area contributed by atoms with Crippen molar-refractivity contribution in [2.75, 3.05) is 12.9 Å². The Hall–Kier alpha value is -1.45. The molecule has 0 saturated carbocycles. The molecule has 0 atom stereocenters. The highest BCUT2D eigenvalue weighted by Crippen LogP contribution is 2.24. The van der Waals surface area contributed by atoms with Gasteiger partial charge >= 0.3 is 5.97 Å². The van der Waals surface area contributed by atoms with E-state index in [2.05, 4.69) is 12.1 Å². The first kappa shape index (κ1) is 19.9. The van der Waals surface area contributed by atoms with Crippen LogP contribution in [0.1, 0.15) is 48.0 Å². The molecule has 0 aliphatic heterocycles. The van der Waals surface area contributed by atoms with Crippen molar-refractivity contribution in [2.45, 2.75) is 43.4 Å². The number of thioether (sulfide) groups is 1. The number of halogens is 1. The number of ether oxygens (including phenoxy) is 1. The molecular formula is C21H25ClO2S. The van der Waals surface area contributed by atoms with Crippen LogP contribution in [0.4, 0.5) is 0 Å². The molecule has 25 heavy (non-hydrogen) atoms. The molecule has 0 bridgehead atoms. The van der Waals surface area contributed by atoms with Crippen molar-refractivity contribution in [1.29, 1.82) is 0 Å². The van der Waals surface area contributed by atoms with E-state index in [1.54, 1.807) is 11.8 Å². The second-order valence-corrected chi connectivity index (χ2v) is 7.55. The Morgan fingerprint density at radius 1 is 0.960 bits per heavy atom. The smallest absolute Gasteiger partial charge is 0.338 e. The maximum Gasteiger partial charge on any atom is 0.338 e. The van der Waals surface area contributed by atoms with E-state index in [0.717, 1.165) is 22.1 Å². The topological polar surface area (TPSA) is 26.3 Å². The van der Waals surface area contributed by atoms with Crippen LogP contribution >= 0.6 is 23.4 Å². The second-order valence-electron chi connectivity index (χ2n) is 5.98. The van der Waals surface area contributed by atoms with E-state index in [-0.39, 0.29) is 5.97 Å². The Bertz CT molecular complexity index is 655. The lowest BCUT2D eigenvalue weighted by Crippen LogP contribution is -2.02. The third-order valence-corrected chi connectivity index (χ3v) is 5.48. The lowest BCUT2D eigenvalue weighted by molar-refractivity contribution is 0.0597. The minimum atomic E-state index is -0.259. The second kappa shape index (κ2) is 11.2. The van der Waals surface area contributed by atoms with Crippen LogP contribution in [0.15, 0.2) is 53.4 Å². The van der Waals surface area contributed by atoms with E-state index in [1.165, 1.54) is 44.8 Å². The molecule has 0 N–H and O–H groups in total. The number of methoxy groups -OCH3 is 1. The summed E-state index contributed by atoms with van der Waals surface area (Å²) >= 11 is 7.64. The molecule has 2 aromatic rings. The molecule has 0 aliphatic rings. The van der Waals surface area contributed by atoms with Gasteiger partial charge in [-0.05, 0) is 54.8 Å². The van der Waals surface area contributed by atoms with Crippen molar-refractivity contribution in [3.05, 3.63) is 64.7 Å². The maximum atomic E-state index is 11.7. The Morgan fingerprint density at radius 2 is 1.64 bits per heavy atom. The summed E-state index contributed by atoms with van der Waals surface area (Å²) in [6.45, 7) is 0. The van der Waals surface area contributed by atoms with Gasteiger partial charge in [-0.15, -0.1) is 11.8 Å². The average molecular weight is 377 g/mol. The van der Waals surface area contributed by atoms with E-state index in [0.29, 0.717) is 5.56 Å². The number of hydrogen-bond donors (Lipinski definition) is 0. The fraction of sp³-hybridized carbons (Fsp3) is 0.381. The summed E-state index contributed by atoms with van der Waals surface area (Å²) in [5, 5.41) is 0.801. The Labute approximate surface area is 159 Å². The zero-order chi connectivity index (χ0) is 17.9. The van der Waals surface area contributed by atoms with Gasteiger partial charge in [-0.3, -0.25) is 0 Å². The molecule has 0 heterocycles. The van der Waals surface area contributed by atoms with Crippen molar-refractivity contribution in [1.82, 2.24) is 0 Å². The molecule has 0 amide bonds. The third kappa shape index (κ3) is 7.13. The molecule has 2 aromatic carbocycles. The SMILES string of the molecule is COC(=O)c1ccccc1SCCCCCCCc1ccc(Cl)cc1. The molecule has 2 nitrogen and oxygen atoms in total. The van der Waals surface area contributed by atoms with Crippen molar-refractivity contribution < 1.29 is 9.53 Å². The Morgan fingerprint density at radius 3 is 2.40 bits per heavy atom. The summed E-state index contributed by atoms with van der Waals surface area (Å²) in [6.07, 6.45) is 7.26. The van der Waals surface area contributed by atoms with E-state index in [4.69, 9.17) is 16.3 Å². The van der Waals surface area contributed by atoms with E-state index in [1.807, 2.05) is 36.4 Å². The number of carbonyl (C=O) groups is 1. The highest BCUT2D eigenvalue weighted by atomic mass is 35.5. The van der Waals surface area contributed by atoms with Crippen LogP contribution in [-0.4, -0.2) is 18.8 Å². The number of aryl methyl sites for hydroxylation is 1. The summed E-state index contributed by atoms with van der Waals surface area (Å²) in [5.74, 6) is 0.774. The Kier molecular flexibility index (Phi) is 8.92. The van der Waals surface area contributed by atoms with Crippen LogP contribution < -0.4 is 0 Å². The van der Waals surface area contributed by atoms with Gasteiger partial charge in [0.15, 0.2) is 0 Å². The molecule has 0 fully saturated rings. The van der Waals surface area contributed by atoms with Gasteiger partial charge in [-0.1, -0.05) is 55.1 Å². The van der Waals surface area contributed by atoms with Crippen molar-refractivity contribution in [2.24, 2.45) is 0 Å². The number of rotatable bonds is 10. The molecule has 0 unspecified atom stereocenters. The van der Waals surface area contributed by atoms with E-state index >= 15 is 0 Å². The predicted octanol–water partition coefficient (Wildman–Crippen LogP) is 6.41. The third-order valence-electron chi connectivity index (χ3n) is 4.07. The zero-order valence-electron chi connectivity index (χ0n) is 14.7. The summed E-state index contributed by atoms with van der Waals surface area (Å²) < 4.78 is 4.83. The highest BCUT2D eigenvalue weighted by molar-refractivity contribution is 7.99.